The number of para-hydroxylation sites is 1. The second-order valence-electron chi connectivity index (χ2n) is 7.80. The van der Waals surface area contributed by atoms with Gasteiger partial charge in [-0.05, 0) is 44.0 Å². The molecule has 1 aliphatic rings. The summed E-state index contributed by atoms with van der Waals surface area (Å²) in [6.07, 6.45) is 0.895. The van der Waals surface area contributed by atoms with Gasteiger partial charge >= 0.3 is 0 Å². The highest BCUT2D eigenvalue weighted by Crippen LogP contribution is 2.27. The molecule has 0 radical (unpaired) electrons. The molecule has 0 aliphatic carbocycles. The number of benzene rings is 2. The summed E-state index contributed by atoms with van der Waals surface area (Å²) in [4.78, 5) is 15.2. The van der Waals surface area contributed by atoms with Gasteiger partial charge in [0.15, 0.2) is 6.04 Å². The van der Waals surface area contributed by atoms with E-state index in [9.17, 15) is 13.2 Å². The van der Waals surface area contributed by atoms with Crippen LogP contribution in [-0.2, 0) is 21.2 Å². The first-order valence-electron chi connectivity index (χ1n) is 10.6. The average molecular weight is 431 g/mol. The number of amides is 1. The van der Waals surface area contributed by atoms with E-state index in [1.807, 2.05) is 68.2 Å². The molecule has 1 heterocycles. The van der Waals surface area contributed by atoms with Gasteiger partial charge in [-0.25, -0.2) is 8.42 Å². The molecule has 1 aliphatic heterocycles. The van der Waals surface area contributed by atoms with Crippen molar-refractivity contribution in [1.29, 1.82) is 0 Å². The maximum atomic E-state index is 13.0. The van der Waals surface area contributed by atoms with Crippen molar-refractivity contribution in [2.75, 3.05) is 24.5 Å². The van der Waals surface area contributed by atoms with E-state index >= 15 is 0 Å². The predicted molar refractivity (Wildman–Crippen MR) is 119 cm³/mol. The Bertz CT molecular complexity index is 985. The van der Waals surface area contributed by atoms with Crippen molar-refractivity contribution in [1.82, 2.24) is 4.31 Å². The van der Waals surface area contributed by atoms with Crippen LogP contribution in [0.3, 0.4) is 0 Å². The van der Waals surface area contributed by atoms with E-state index in [4.69, 9.17) is 0 Å². The molecule has 0 saturated heterocycles. The summed E-state index contributed by atoms with van der Waals surface area (Å²) in [6.45, 7) is 9.26. The molecule has 2 atom stereocenters. The summed E-state index contributed by atoms with van der Waals surface area (Å²) < 4.78 is 26.8. The lowest BCUT2D eigenvalue weighted by molar-refractivity contribution is -0.710. The number of quaternary nitrogens is 1. The highest BCUT2D eigenvalue weighted by Gasteiger charge is 2.31. The minimum absolute atomic E-state index is 0.0343. The Hall–Kier alpha value is -2.22. The Morgan fingerprint density at radius 2 is 1.70 bits per heavy atom. The number of rotatable bonds is 8. The molecule has 0 bridgehead atoms. The van der Waals surface area contributed by atoms with Crippen LogP contribution in [0.1, 0.15) is 44.9 Å². The third-order valence-corrected chi connectivity index (χ3v) is 7.93. The van der Waals surface area contributed by atoms with E-state index in [0.29, 0.717) is 18.0 Å². The van der Waals surface area contributed by atoms with Crippen LogP contribution in [0.2, 0.25) is 0 Å². The van der Waals surface area contributed by atoms with Crippen molar-refractivity contribution in [2.45, 2.75) is 51.1 Å². The van der Waals surface area contributed by atoms with E-state index in [-0.39, 0.29) is 18.0 Å². The van der Waals surface area contributed by atoms with E-state index in [1.165, 1.54) is 9.87 Å². The van der Waals surface area contributed by atoms with Crippen molar-refractivity contribution < 1.29 is 18.5 Å². The van der Waals surface area contributed by atoms with E-state index < -0.39 is 10.0 Å². The first kappa shape index (κ1) is 22.5. The number of carbonyl (C=O) groups excluding carboxylic acids is 1. The van der Waals surface area contributed by atoms with Crippen molar-refractivity contribution in [2.24, 2.45) is 0 Å². The van der Waals surface area contributed by atoms with Gasteiger partial charge in [-0.1, -0.05) is 44.2 Å². The Labute approximate surface area is 179 Å². The van der Waals surface area contributed by atoms with Crippen LogP contribution >= 0.6 is 0 Å². The number of fused-ring (bicyclic) bond motifs is 1. The van der Waals surface area contributed by atoms with Gasteiger partial charge in [0, 0.05) is 30.9 Å². The monoisotopic (exact) mass is 430 g/mol. The summed E-state index contributed by atoms with van der Waals surface area (Å²) in [7, 11) is -3.46. The van der Waals surface area contributed by atoms with Gasteiger partial charge in [0.25, 0.3) is 5.91 Å². The molecular weight excluding hydrogens is 398 g/mol. The van der Waals surface area contributed by atoms with Crippen LogP contribution in [0.15, 0.2) is 53.4 Å². The maximum Gasteiger partial charge on any atom is 0.284 e. The number of nitrogens with two attached hydrogens (primary N) is 1. The zero-order chi connectivity index (χ0) is 21.9. The highest BCUT2D eigenvalue weighted by molar-refractivity contribution is 7.89. The minimum atomic E-state index is -3.46. The number of nitrogens with zero attached hydrogens (tertiary/aromatic N) is 2. The lowest BCUT2D eigenvalue weighted by Crippen LogP contribution is -2.92. The number of anilines is 1. The topological polar surface area (TPSA) is 74.3 Å². The minimum Gasteiger partial charge on any atom is -0.330 e. The zero-order valence-electron chi connectivity index (χ0n) is 18.2. The summed E-state index contributed by atoms with van der Waals surface area (Å²) in [6, 6.07) is 14.9. The number of hydrogen-bond donors (Lipinski definition) is 1. The van der Waals surface area contributed by atoms with Crippen molar-refractivity contribution in [3.63, 3.8) is 0 Å². The molecule has 0 aromatic heterocycles. The molecule has 2 aromatic rings. The van der Waals surface area contributed by atoms with Crippen LogP contribution < -0.4 is 10.2 Å². The van der Waals surface area contributed by atoms with Crippen LogP contribution in [0, 0.1) is 0 Å². The normalized spacial score (nSPS) is 15.8. The smallest absolute Gasteiger partial charge is 0.284 e. The third kappa shape index (κ3) is 4.43. The molecule has 3 rings (SSSR count). The average Bonchev–Trinajstić information content (AvgIpc) is 3.18. The molecule has 162 valence electrons. The number of sulfonamides is 1. The van der Waals surface area contributed by atoms with Crippen LogP contribution in [-0.4, -0.2) is 44.3 Å². The SMILES string of the molecule is CCN(CC)S(=O)(=O)c1ccc([C@@H](C)[NH2+][C@@H](C)C(=O)N2CCc3ccccc32)cc1. The fourth-order valence-corrected chi connectivity index (χ4v) is 5.55. The van der Waals surface area contributed by atoms with E-state index in [2.05, 4.69) is 6.07 Å². The molecule has 6 nitrogen and oxygen atoms in total. The standard InChI is InChI=1S/C23H31N3O3S/c1-5-25(6-2)30(28,29)21-13-11-19(12-14-21)17(3)24-18(4)23(27)26-16-15-20-9-7-8-10-22(20)26/h7-14,17-18,24H,5-6,15-16H2,1-4H3/p+1/t17-,18+/m1/s1. The second-order valence-corrected chi connectivity index (χ2v) is 9.73. The highest BCUT2D eigenvalue weighted by atomic mass is 32.2. The second kappa shape index (κ2) is 9.29. The molecule has 0 unspecified atom stereocenters. The van der Waals surface area contributed by atoms with Gasteiger partial charge in [-0.3, -0.25) is 4.79 Å². The Morgan fingerprint density at radius 1 is 1.07 bits per heavy atom. The van der Waals surface area contributed by atoms with Gasteiger partial charge in [-0.15, -0.1) is 0 Å². The summed E-state index contributed by atoms with van der Waals surface area (Å²) in [5.74, 6) is 0.104. The molecule has 0 saturated carbocycles. The maximum absolute atomic E-state index is 13.0. The molecule has 30 heavy (non-hydrogen) atoms. The molecule has 2 aromatic carbocycles. The molecule has 0 fully saturated rings. The first-order valence-corrected chi connectivity index (χ1v) is 12.1. The Kier molecular flexibility index (Phi) is 6.95. The summed E-state index contributed by atoms with van der Waals surface area (Å²) in [5, 5.41) is 2.04. The molecular formula is C23H32N3O3S+. The summed E-state index contributed by atoms with van der Waals surface area (Å²) >= 11 is 0. The fourth-order valence-electron chi connectivity index (χ4n) is 4.10. The van der Waals surface area contributed by atoms with Gasteiger partial charge in [0.05, 0.1) is 4.90 Å². The number of hydrogen-bond acceptors (Lipinski definition) is 3. The largest absolute Gasteiger partial charge is 0.330 e. The van der Waals surface area contributed by atoms with Crippen LogP contribution in [0.25, 0.3) is 0 Å². The van der Waals surface area contributed by atoms with Gasteiger partial charge in [-0.2, -0.15) is 4.31 Å². The Balaban J connectivity index is 1.67. The lowest BCUT2D eigenvalue weighted by atomic mass is 10.1. The van der Waals surface area contributed by atoms with Crippen molar-refractivity contribution in [3.8, 4) is 0 Å². The lowest BCUT2D eigenvalue weighted by Gasteiger charge is -2.23. The molecule has 2 N–H and O–H groups in total. The molecule has 0 spiro atoms. The van der Waals surface area contributed by atoms with Crippen molar-refractivity contribution >= 4 is 21.6 Å². The predicted octanol–water partition coefficient (Wildman–Crippen LogP) is 2.32. The quantitative estimate of drug-likeness (QED) is 0.698. The first-order chi connectivity index (χ1) is 14.3. The Morgan fingerprint density at radius 3 is 2.33 bits per heavy atom. The summed E-state index contributed by atoms with van der Waals surface area (Å²) in [5.41, 5.74) is 3.23. The van der Waals surface area contributed by atoms with E-state index in [1.54, 1.807) is 12.1 Å². The number of carbonyl (C=O) groups is 1. The van der Waals surface area contributed by atoms with Crippen LogP contribution in [0.4, 0.5) is 5.69 Å². The van der Waals surface area contributed by atoms with E-state index in [0.717, 1.165) is 24.2 Å². The third-order valence-electron chi connectivity index (χ3n) is 5.87. The fraction of sp³-hybridized carbons (Fsp3) is 0.435. The zero-order valence-corrected chi connectivity index (χ0v) is 19.0. The van der Waals surface area contributed by atoms with Gasteiger partial charge < -0.3 is 10.2 Å². The van der Waals surface area contributed by atoms with Crippen LogP contribution in [0.5, 0.6) is 0 Å². The van der Waals surface area contributed by atoms with Gasteiger partial charge in [0.2, 0.25) is 10.0 Å². The molecule has 1 amide bonds. The molecule has 7 heteroatoms. The van der Waals surface area contributed by atoms with Gasteiger partial charge in [0.1, 0.15) is 6.04 Å². The van der Waals surface area contributed by atoms with Crippen molar-refractivity contribution in [3.05, 3.63) is 59.7 Å².